The van der Waals surface area contributed by atoms with Crippen LogP contribution < -0.4 is 5.73 Å². The SMILES string of the molecule is CC(C)[C@](C)(N)c1ccccc1. The van der Waals surface area contributed by atoms with Crippen molar-refractivity contribution in [2.75, 3.05) is 0 Å². The van der Waals surface area contributed by atoms with E-state index < -0.39 is 0 Å². The third-order valence-corrected chi connectivity index (χ3v) is 2.60. The molecule has 1 aromatic carbocycles. The van der Waals surface area contributed by atoms with Gasteiger partial charge < -0.3 is 5.73 Å². The first-order valence-corrected chi connectivity index (χ1v) is 4.39. The predicted octanol–water partition coefficient (Wildman–Crippen LogP) is 2.52. The number of hydrogen-bond acceptors (Lipinski definition) is 1. The first-order valence-electron chi connectivity index (χ1n) is 4.39. The summed E-state index contributed by atoms with van der Waals surface area (Å²) < 4.78 is 0. The van der Waals surface area contributed by atoms with Gasteiger partial charge in [-0.15, -0.1) is 0 Å². The van der Waals surface area contributed by atoms with Gasteiger partial charge in [0.1, 0.15) is 0 Å². The number of nitrogens with two attached hydrogens (primary N) is 1. The van der Waals surface area contributed by atoms with Crippen LogP contribution in [0.3, 0.4) is 0 Å². The first-order chi connectivity index (χ1) is 5.55. The van der Waals surface area contributed by atoms with E-state index in [2.05, 4.69) is 32.9 Å². The molecule has 0 radical (unpaired) electrons. The smallest absolute Gasteiger partial charge is 0.0404 e. The number of hydrogen-bond donors (Lipinski definition) is 1. The molecular weight excluding hydrogens is 146 g/mol. The van der Waals surface area contributed by atoms with Gasteiger partial charge in [0.2, 0.25) is 0 Å². The molecule has 0 aliphatic heterocycles. The lowest BCUT2D eigenvalue weighted by atomic mass is 9.83. The van der Waals surface area contributed by atoms with E-state index in [0.29, 0.717) is 5.92 Å². The van der Waals surface area contributed by atoms with Gasteiger partial charge in [0, 0.05) is 5.54 Å². The Labute approximate surface area is 74.6 Å². The van der Waals surface area contributed by atoms with Gasteiger partial charge in [0.15, 0.2) is 0 Å². The Hall–Kier alpha value is -0.820. The lowest BCUT2D eigenvalue weighted by Gasteiger charge is -2.29. The van der Waals surface area contributed by atoms with Gasteiger partial charge in [-0.1, -0.05) is 44.2 Å². The van der Waals surface area contributed by atoms with Crippen molar-refractivity contribution in [2.24, 2.45) is 11.7 Å². The maximum Gasteiger partial charge on any atom is 0.0404 e. The van der Waals surface area contributed by atoms with Crippen LogP contribution in [0.5, 0.6) is 0 Å². The van der Waals surface area contributed by atoms with Crippen LogP contribution in [0.15, 0.2) is 30.3 Å². The molecule has 2 N–H and O–H groups in total. The minimum absolute atomic E-state index is 0.207. The van der Waals surface area contributed by atoms with Crippen LogP contribution in [0.25, 0.3) is 0 Å². The average Bonchev–Trinajstić information content (AvgIpc) is 2.06. The highest BCUT2D eigenvalue weighted by molar-refractivity contribution is 5.23. The van der Waals surface area contributed by atoms with E-state index in [4.69, 9.17) is 5.73 Å². The van der Waals surface area contributed by atoms with E-state index in [1.807, 2.05) is 18.2 Å². The Morgan fingerprint density at radius 1 is 1.17 bits per heavy atom. The highest BCUT2D eigenvalue weighted by Gasteiger charge is 2.24. The molecule has 0 amide bonds. The van der Waals surface area contributed by atoms with Crippen molar-refractivity contribution < 1.29 is 0 Å². The lowest BCUT2D eigenvalue weighted by Crippen LogP contribution is -2.38. The molecule has 0 fully saturated rings. The van der Waals surface area contributed by atoms with Crippen LogP contribution in [-0.4, -0.2) is 0 Å². The van der Waals surface area contributed by atoms with Gasteiger partial charge in [-0.05, 0) is 18.4 Å². The van der Waals surface area contributed by atoms with E-state index in [0.717, 1.165) is 0 Å². The van der Waals surface area contributed by atoms with Crippen molar-refractivity contribution in [3.8, 4) is 0 Å². The molecule has 1 atom stereocenters. The van der Waals surface area contributed by atoms with E-state index in [9.17, 15) is 0 Å². The maximum atomic E-state index is 6.18. The van der Waals surface area contributed by atoms with Crippen molar-refractivity contribution in [1.82, 2.24) is 0 Å². The summed E-state index contributed by atoms with van der Waals surface area (Å²) in [5, 5.41) is 0. The highest BCUT2D eigenvalue weighted by Crippen LogP contribution is 2.25. The van der Waals surface area contributed by atoms with Crippen molar-refractivity contribution in [2.45, 2.75) is 26.3 Å². The van der Waals surface area contributed by atoms with Crippen LogP contribution in [-0.2, 0) is 5.54 Å². The fraction of sp³-hybridized carbons (Fsp3) is 0.455. The Bertz CT molecular complexity index is 236. The maximum absolute atomic E-state index is 6.18. The van der Waals surface area contributed by atoms with Crippen molar-refractivity contribution >= 4 is 0 Å². The molecule has 1 aromatic rings. The van der Waals surface area contributed by atoms with Crippen LogP contribution >= 0.6 is 0 Å². The van der Waals surface area contributed by atoms with Gasteiger partial charge in [-0.3, -0.25) is 0 Å². The molecule has 0 aromatic heterocycles. The van der Waals surface area contributed by atoms with E-state index in [-0.39, 0.29) is 5.54 Å². The molecule has 0 spiro atoms. The second kappa shape index (κ2) is 3.28. The zero-order valence-corrected chi connectivity index (χ0v) is 8.04. The summed E-state index contributed by atoms with van der Waals surface area (Å²) in [5.74, 6) is 0.458. The van der Waals surface area contributed by atoms with Crippen LogP contribution in [0, 0.1) is 5.92 Å². The van der Waals surface area contributed by atoms with Gasteiger partial charge >= 0.3 is 0 Å². The largest absolute Gasteiger partial charge is 0.321 e. The molecule has 1 rings (SSSR count). The molecule has 1 nitrogen and oxygen atoms in total. The average molecular weight is 163 g/mol. The topological polar surface area (TPSA) is 26.0 Å². The minimum Gasteiger partial charge on any atom is -0.321 e. The van der Waals surface area contributed by atoms with Crippen LogP contribution in [0.4, 0.5) is 0 Å². The zero-order valence-electron chi connectivity index (χ0n) is 8.04. The van der Waals surface area contributed by atoms with Crippen LogP contribution in [0.1, 0.15) is 26.3 Å². The van der Waals surface area contributed by atoms with Crippen molar-refractivity contribution in [3.63, 3.8) is 0 Å². The molecule has 1 heteroatoms. The normalized spacial score (nSPS) is 16.1. The molecule has 0 aliphatic rings. The molecular formula is C11H17N. The summed E-state index contributed by atoms with van der Waals surface area (Å²) in [6.07, 6.45) is 0. The highest BCUT2D eigenvalue weighted by atomic mass is 14.7. The number of benzene rings is 1. The quantitative estimate of drug-likeness (QED) is 0.712. The summed E-state index contributed by atoms with van der Waals surface area (Å²) in [6.45, 7) is 6.37. The molecule has 66 valence electrons. The minimum atomic E-state index is -0.207. The summed E-state index contributed by atoms with van der Waals surface area (Å²) in [7, 11) is 0. The molecule has 12 heavy (non-hydrogen) atoms. The van der Waals surface area contributed by atoms with Gasteiger partial charge in [-0.25, -0.2) is 0 Å². The molecule has 0 saturated carbocycles. The molecule has 0 bridgehead atoms. The van der Waals surface area contributed by atoms with Crippen LogP contribution in [0.2, 0.25) is 0 Å². The van der Waals surface area contributed by atoms with E-state index in [1.54, 1.807) is 0 Å². The third kappa shape index (κ3) is 1.67. The van der Waals surface area contributed by atoms with Gasteiger partial charge in [0.05, 0.1) is 0 Å². The Morgan fingerprint density at radius 2 is 1.67 bits per heavy atom. The molecule has 0 unspecified atom stereocenters. The van der Waals surface area contributed by atoms with Crippen molar-refractivity contribution in [1.29, 1.82) is 0 Å². The summed E-state index contributed by atoms with van der Waals surface area (Å²) in [4.78, 5) is 0. The summed E-state index contributed by atoms with van der Waals surface area (Å²) in [5.41, 5.74) is 7.18. The predicted molar refractivity (Wildman–Crippen MR) is 52.8 cm³/mol. The fourth-order valence-electron chi connectivity index (χ4n) is 1.13. The summed E-state index contributed by atoms with van der Waals surface area (Å²) in [6, 6.07) is 10.2. The van der Waals surface area contributed by atoms with Gasteiger partial charge in [0.25, 0.3) is 0 Å². The molecule has 0 aliphatic carbocycles. The Morgan fingerprint density at radius 3 is 2.08 bits per heavy atom. The second-order valence-corrected chi connectivity index (χ2v) is 3.80. The zero-order chi connectivity index (χ0) is 9.19. The Balaban J connectivity index is 2.98. The first kappa shape index (κ1) is 9.27. The monoisotopic (exact) mass is 163 g/mol. The second-order valence-electron chi connectivity index (χ2n) is 3.80. The van der Waals surface area contributed by atoms with Crippen molar-refractivity contribution in [3.05, 3.63) is 35.9 Å². The van der Waals surface area contributed by atoms with E-state index >= 15 is 0 Å². The fourth-order valence-corrected chi connectivity index (χ4v) is 1.13. The summed E-state index contributed by atoms with van der Waals surface area (Å²) >= 11 is 0. The number of rotatable bonds is 2. The Kier molecular flexibility index (Phi) is 2.53. The van der Waals surface area contributed by atoms with Gasteiger partial charge in [-0.2, -0.15) is 0 Å². The van der Waals surface area contributed by atoms with E-state index in [1.165, 1.54) is 5.56 Å². The standard InChI is InChI=1S/C11H17N/c1-9(2)11(3,12)10-7-5-4-6-8-10/h4-9H,12H2,1-3H3/t11-/m0/s1. The third-order valence-electron chi connectivity index (χ3n) is 2.60. The lowest BCUT2D eigenvalue weighted by molar-refractivity contribution is 0.350. The molecule has 0 heterocycles. The molecule has 0 saturated heterocycles.